The van der Waals surface area contributed by atoms with Crippen molar-refractivity contribution >= 4 is 52.0 Å². The van der Waals surface area contributed by atoms with Gasteiger partial charge < -0.3 is 25.4 Å². The largest absolute Gasteiger partial charge is 0.573 e. The average Bonchev–Trinajstić information content (AvgIpc) is 3.32. The average molecular weight is 670 g/mol. The molecule has 1 heterocycles. The van der Waals surface area contributed by atoms with Gasteiger partial charge in [0.15, 0.2) is 11.8 Å². The molecule has 1 aliphatic heterocycles. The summed E-state index contributed by atoms with van der Waals surface area (Å²) in [4.78, 5) is 42.4. The molecule has 0 radical (unpaired) electrons. The number of carbonyl (C=O) groups is 3. The molecule has 17 heteroatoms. The quantitative estimate of drug-likeness (QED) is 0.214. The summed E-state index contributed by atoms with van der Waals surface area (Å²) in [5.74, 6) is -1.16. The first-order valence-corrected chi connectivity index (χ1v) is 14.3. The van der Waals surface area contributed by atoms with Crippen molar-refractivity contribution in [2.75, 3.05) is 34.4 Å². The van der Waals surface area contributed by atoms with E-state index in [1.165, 1.54) is 30.3 Å². The number of ether oxygens (including phenoxy) is 2. The summed E-state index contributed by atoms with van der Waals surface area (Å²) < 4.78 is 83.8. The lowest BCUT2D eigenvalue weighted by atomic mass is 10.1. The van der Waals surface area contributed by atoms with Gasteiger partial charge in [0, 0.05) is 17.9 Å². The van der Waals surface area contributed by atoms with E-state index in [1.807, 2.05) is 0 Å². The Morgan fingerprint density at radius 2 is 1.57 bits per heavy atom. The molecule has 5 amide bonds. The van der Waals surface area contributed by atoms with Crippen molar-refractivity contribution < 1.29 is 50.2 Å². The number of amidine groups is 1. The number of hydrogen-bond acceptors (Lipinski definition) is 6. The van der Waals surface area contributed by atoms with Gasteiger partial charge in [0.05, 0.1) is 11.4 Å². The van der Waals surface area contributed by atoms with Crippen molar-refractivity contribution in [1.29, 1.82) is 0 Å². The Morgan fingerprint density at radius 3 is 2.17 bits per heavy atom. The minimum atomic E-state index is -4.83. The molecular formula is C29H25F6N5O5S. The van der Waals surface area contributed by atoms with Crippen LogP contribution in [0.3, 0.4) is 0 Å². The van der Waals surface area contributed by atoms with Crippen LogP contribution in [0, 0.1) is 6.92 Å². The van der Waals surface area contributed by atoms with Gasteiger partial charge in [-0.05, 0) is 73.0 Å². The Balaban J connectivity index is 1.28. The number of nitrogens with zero attached hydrogens (tertiary/aromatic N) is 2. The third kappa shape index (κ3) is 10.3. The molecule has 0 aromatic heterocycles. The highest BCUT2D eigenvalue weighted by atomic mass is 32.2. The summed E-state index contributed by atoms with van der Waals surface area (Å²) in [7, 11) is 0. The zero-order valence-corrected chi connectivity index (χ0v) is 24.6. The van der Waals surface area contributed by atoms with Crippen molar-refractivity contribution in [3.63, 3.8) is 0 Å². The molecule has 3 aromatic carbocycles. The number of halogens is 6. The van der Waals surface area contributed by atoms with Crippen LogP contribution in [0.4, 0.5) is 53.0 Å². The van der Waals surface area contributed by atoms with Crippen LogP contribution in [0.2, 0.25) is 0 Å². The Kier molecular flexibility index (Phi) is 10.7. The van der Waals surface area contributed by atoms with Crippen molar-refractivity contribution in [3.8, 4) is 11.5 Å². The van der Waals surface area contributed by atoms with Gasteiger partial charge in [-0.3, -0.25) is 9.69 Å². The summed E-state index contributed by atoms with van der Waals surface area (Å²) in [6.07, 6.45) is -9.05. The monoisotopic (exact) mass is 669 g/mol. The predicted molar refractivity (Wildman–Crippen MR) is 159 cm³/mol. The zero-order valence-electron chi connectivity index (χ0n) is 23.8. The SMILES string of the molecule is Cc1ccc(OCC(F)(F)F)c(N2C(=O)CSC2=NC(=O)NCCc2ccc(NC(=O)Nc3ccc(OC(F)(F)F)cc3)cc2)c1. The Morgan fingerprint density at radius 1 is 0.935 bits per heavy atom. The Bertz CT molecular complexity index is 1600. The van der Waals surface area contributed by atoms with E-state index in [1.54, 1.807) is 31.2 Å². The highest BCUT2D eigenvalue weighted by Crippen LogP contribution is 2.36. The van der Waals surface area contributed by atoms with Gasteiger partial charge in [0.2, 0.25) is 5.91 Å². The molecule has 244 valence electrons. The van der Waals surface area contributed by atoms with Gasteiger partial charge in [-0.25, -0.2) is 9.59 Å². The highest BCUT2D eigenvalue weighted by Gasteiger charge is 2.34. The molecule has 0 unspecified atom stereocenters. The first-order valence-electron chi connectivity index (χ1n) is 13.3. The first-order chi connectivity index (χ1) is 21.6. The van der Waals surface area contributed by atoms with Gasteiger partial charge in [-0.1, -0.05) is 30.0 Å². The fraction of sp³-hybridized carbons (Fsp3) is 0.241. The van der Waals surface area contributed by atoms with E-state index >= 15 is 0 Å². The van der Waals surface area contributed by atoms with E-state index in [0.29, 0.717) is 17.7 Å². The fourth-order valence-electron chi connectivity index (χ4n) is 3.99. The summed E-state index contributed by atoms with van der Waals surface area (Å²) in [6, 6.07) is 14.1. The Hall–Kier alpha value is -4.93. The number of alkyl halides is 6. The van der Waals surface area contributed by atoms with Crippen molar-refractivity contribution in [3.05, 3.63) is 77.9 Å². The van der Waals surface area contributed by atoms with E-state index in [0.717, 1.165) is 34.4 Å². The van der Waals surface area contributed by atoms with E-state index in [9.17, 15) is 40.7 Å². The smallest absolute Gasteiger partial charge is 0.482 e. The van der Waals surface area contributed by atoms with Crippen molar-refractivity contribution in [2.24, 2.45) is 4.99 Å². The molecule has 0 bridgehead atoms. The molecule has 1 aliphatic rings. The topological polar surface area (TPSA) is 121 Å². The second kappa shape index (κ2) is 14.4. The molecular weight excluding hydrogens is 644 g/mol. The van der Waals surface area contributed by atoms with E-state index in [-0.39, 0.29) is 34.6 Å². The van der Waals surface area contributed by atoms with E-state index in [2.05, 4.69) is 25.7 Å². The van der Waals surface area contributed by atoms with Crippen LogP contribution in [-0.2, 0) is 11.2 Å². The number of urea groups is 2. The summed E-state index contributed by atoms with van der Waals surface area (Å²) in [5, 5.41) is 7.65. The van der Waals surface area contributed by atoms with Crippen LogP contribution in [0.25, 0.3) is 0 Å². The van der Waals surface area contributed by atoms with Crippen LogP contribution >= 0.6 is 11.8 Å². The third-order valence-electron chi connectivity index (χ3n) is 5.96. The molecule has 0 atom stereocenters. The standard InChI is InChI=1S/C29H25F6N5O5S/c1-17-2-11-23(44-16-28(30,31)32)22(14-17)40-24(41)15-46-27(40)39-25(42)36-13-12-18-3-5-19(6-4-18)37-26(43)38-20-7-9-21(10-8-20)45-29(33,34)35/h2-11,14H,12-13,15-16H2,1H3,(H,36,42)(H2,37,38,43). The van der Waals surface area contributed by atoms with Crippen molar-refractivity contribution in [1.82, 2.24) is 5.32 Å². The van der Waals surface area contributed by atoms with Gasteiger partial charge in [-0.2, -0.15) is 18.2 Å². The molecule has 10 nitrogen and oxygen atoms in total. The van der Waals surface area contributed by atoms with E-state index in [4.69, 9.17) is 4.74 Å². The second-order valence-electron chi connectivity index (χ2n) is 9.62. The predicted octanol–water partition coefficient (Wildman–Crippen LogP) is 6.87. The number of rotatable bonds is 9. The number of thioether (sulfide) groups is 1. The van der Waals surface area contributed by atoms with E-state index < -0.39 is 42.9 Å². The van der Waals surface area contributed by atoms with Crippen molar-refractivity contribution in [2.45, 2.75) is 25.9 Å². The lowest BCUT2D eigenvalue weighted by Gasteiger charge is -2.21. The number of nitrogens with one attached hydrogen (secondary N) is 3. The number of amides is 5. The molecule has 0 saturated carbocycles. The first kappa shape index (κ1) is 34.0. The number of hydrogen-bond donors (Lipinski definition) is 3. The van der Waals surface area contributed by atoms with Gasteiger partial charge in [0.1, 0.15) is 11.5 Å². The maximum absolute atomic E-state index is 12.8. The lowest BCUT2D eigenvalue weighted by molar-refractivity contribution is -0.274. The maximum Gasteiger partial charge on any atom is 0.573 e. The molecule has 3 N–H and O–H groups in total. The minimum absolute atomic E-state index is 0.00996. The summed E-state index contributed by atoms with van der Waals surface area (Å²) in [5.41, 5.74) is 2.14. The second-order valence-corrected chi connectivity index (χ2v) is 10.6. The van der Waals surface area contributed by atoms with Crippen LogP contribution in [-0.4, -0.2) is 54.6 Å². The van der Waals surface area contributed by atoms with Gasteiger partial charge >= 0.3 is 24.6 Å². The maximum atomic E-state index is 12.8. The number of aryl methyl sites for hydroxylation is 1. The van der Waals surface area contributed by atoms with Crippen LogP contribution < -0.4 is 30.3 Å². The summed E-state index contributed by atoms with van der Waals surface area (Å²) in [6.45, 7) is 0.283. The highest BCUT2D eigenvalue weighted by molar-refractivity contribution is 8.15. The fourth-order valence-corrected chi connectivity index (χ4v) is 4.85. The number of benzene rings is 3. The minimum Gasteiger partial charge on any atom is -0.482 e. The Labute approximate surface area is 262 Å². The zero-order chi connectivity index (χ0) is 33.5. The van der Waals surface area contributed by atoms with Gasteiger partial charge in [-0.15, -0.1) is 13.2 Å². The molecule has 1 fully saturated rings. The molecule has 46 heavy (non-hydrogen) atoms. The molecule has 1 saturated heterocycles. The lowest BCUT2D eigenvalue weighted by Crippen LogP contribution is -2.32. The van der Waals surface area contributed by atoms with Crippen LogP contribution in [0.15, 0.2) is 71.7 Å². The molecule has 0 spiro atoms. The van der Waals surface area contributed by atoms with Gasteiger partial charge in [0.25, 0.3) is 0 Å². The molecule has 3 aromatic rings. The normalized spacial score (nSPS) is 14.3. The third-order valence-corrected chi connectivity index (χ3v) is 6.88. The molecule has 4 rings (SSSR count). The number of carbonyl (C=O) groups excluding carboxylic acids is 3. The van der Waals surface area contributed by atoms with Crippen LogP contribution in [0.5, 0.6) is 11.5 Å². The number of aliphatic imine (C=N–C) groups is 1. The van der Waals surface area contributed by atoms with Crippen LogP contribution in [0.1, 0.15) is 11.1 Å². The number of anilines is 3. The molecule has 0 aliphatic carbocycles. The summed E-state index contributed by atoms with van der Waals surface area (Å²) >= 11 is 0.961.